The van der Waals surface area contributed by atoms with Gasteiger partial charge in [-0.2, -0.15) is 0 Å². The quantitative estimate of drug-likeness (QED) is 0.340. The molecule has 2 aliphatic rings. The van der Waals surface area contributed by atoms with E-state index in [1.165, 1.54) is 9.80 Å². The molecular formula is C27H20ClN3O4S2. The van der Waals surface area contributed by atoms with E-state index in [-0.39, 0.29) is 29.5 Å². The second kappa shape index (κ2) is 10.4. The number of thioether (sulfide) groups is 1. The molecule has 0 saturated carbocycles. The third-order valence-electron chi connectivity index (χ3n) is 5.95. The maximum Gasteiger partial charge on any atom is 0.267 e. The Kier molecular flexibility index (Phi) is 7.01. The summed E-state index contributed by atoms with van der Waals surface area (Å²) in [5.41, 5.74) is 2.71. The lowest BCUT2D eigenvalue weighted by Crippen LogP contribution is -2.35. The fraction of sp³-hybridized carbons (Fsp3) is 0.111. The van der Waals surface area contributed by atoms with Crippen molar-refractivity contribution >= 4 is 74.6 Å². The van der Waals surface area contributed by atoms with Gasteiger partial charge in [0.25, 0.3) is 11.8 Å². The van der Waals surface area contributed by atoms with Gasteiger partial charge >= 0.3 is 0 Å². The monoisotopic (exact) mass is 549 g/mol. The molecule has 7 nitrogen and oxygen atoms in total. The van der Waals surface area contributed by atoms with Gasteiger partial charge in [-0.3, -0.25) is 24.2 Å². The van der Waals surface area contributed by atoms with Crippen molar-refractivity contribution in [2.75, 3.05) is 23.9 Å². The number of carbonyl (C=O) groups excluding carboxylic acids is 3. The SMILES string of the molecule is COc1ccc(CN2C(=O)/C(=C3/C(=O)N(CC(=O)Nc4ccccc4Cl)c4ccccc43)SC2=S)cc1. The second-order valence-electron chi connectivity index (χ2n) is 8.25. The Balaban J connectivity index is 1.42. The fourth-order valence-electron chi connectivity index (χ4n) is 4.15. The molecule has 2 aliphatic heterocycles. The third-order valence-corrected chi connectivity index (χ3v) is 7.73. The van der Waals surface area contributed by atoms with Crippen molar-refractivity contribution in [1.29, 1.82) is 0 Å². The molecule has 0 unspecified atom stereocenters. The summed E-state index contributed by atoms with van der Waals surface area (Å²) in [6.45, 7) is 0.0297. The summed E-state index contributed by atoms with van der Waals surface area (Å²) in [4.78, 5) is 43.0. The van der Waals surface area contributed by atoms with Gasteiger partial charge < -0.3 is 10.1 Å². The van der Waals surface area contributed by atoms with Crippen LogP contribution in [-0.2, 0) is 20.9 Å². The van der Waals surface area contributed by atoms with Gasteiger partial charge in [-0.05, 0) is 35.9 Å². The number of anilines is 2. The topological polar surface area (TPSA) is 79.0 Å². The first kappa shape index (κ1) is 25.0. The standard InChI is InChI=1S/C27H20ClN3O4S2/c1-35-17-12-10-16(11-13-17)14-31-26(34)24(37-27(31)36)23-18-6-2-5-9-21(18)30(25(23)33)15-22(32)29-20-8-4-3-7-19(20)28/h2-13H,14-15H2,1H3,(H,29,32)/b24-23-. The Morgan fingerprint density at radius 2 is 1.68 bits per heavy atom. The van der Waals surface area contributed by atoms with E-state index < -0.39 is 11.8 Å². The first-order valence-electron chi connectivity index (χ1n) is 11.2. The molecule has 2 heterocycles. The zero-order chi connectivity index (χ0) is 26.1. The number of amides is 3. The van der Waals surface area contributed by atoms with Crippen molar-refractivity contribution < 1.29 is 19.1 Å². The summed E-state index contributed by atoms with van der Waals surface area (Å²) in [7, 11) is 1.59. The number of benzene rings is 3. The molecule has 0 bridgehead atoms. The maximum atomic E-state index is 13.6. The number of hydrogen-bond donors (Lipinski definition) is 1. The molecule has 1 saturated heterocycles. The highest BCUT2D eigenvalue weighted by Crippen LogP contribution is 2.44. The zero-order valence-electron chi connectivity index (χ0n) is 19.6. The van der Waals surface area contributed by atoms with Crippen molar-refractivity contribution in [2.45, 2.75) is 6.54 Å². The minimum Gasteiger partial charge on any atom is -0.497 e. The Morgan fingerprint density at radius 3 is 2.41 bits per heavy atom. The molecule has 3 amide bonds. The Hall–Kier alpha value is -3.66. The van der Waals surface area contributed by atoms with Gasteiger partial charge in [0.15, 0.2) is 0 Å². The summed E-state index contributed by atoms with van der Waals surface area (Å²) >= 11 is 12.8. The lowest BCUT2D eigenvalue weighted by atomic mass is 10.1. The number of ether oxygens (including phenoxy) is 1. The van der Waals surface area contributed by atoms with Crippen LogP contribution in [0.4, 0.5) is 11.4 Å². The summed E-state index contributed by atoms with van der Waals surface area (Å²) < 4.78 is 5.56. The smallest absolute Gasteiger partial charge is 0.267 e. The van der Waals surface area contributed by atoms with E-state index >= 15 is 0 Å². The first-order valence-corrected chi connectivity index (χ1v) is 12.8. The number of carbonyl (C=O) groups is 3. The van der Waals surface area contributed by atoms with E-state index in [2.05, 4.69) is 5.32 Å². The van der Waals surface area contributed by atoms with E-state index in [0.29, 0.717) is 32.0 Å². The number of para-hydroxylation sites is 2. The van der Waals surface area contributed by atoms with Gasteiger partial charge in [0.2, 0.25) is 5.91 Å². The molecular weight excluding hydrogens is 530 g/mol. The van der Waals surface area contributed by atoms with Crippen molar-refractivity contribution in [1.82, 2.24) is 4.90 Å². The van der Waals surface area contributed by atoms with E-state index in [1.807, 2.05) is 24.3 Å². The fourth-order valence-corrected chi connectivity index (χ4v) is 5.66. The van der Waals surface area contributed by atoms with Crippen LogP contribution in [0.25, 0.3) is 5.57 Å². The van der Waals surface area contributed by atoms with Gasteiger partial charge in [0.05, 0.1) is 40.5 Å². The van der Waals surface area contributed by atoms with Gasteiger partial charge in [-0.1, -0.05) is 78.0 Å². The molecule has 1 N–H and O–H groups in total. The normalized spacial score (nSPS) is 16.9. The molecule has 0 atom stereocenters. The Labute approximate surface area is 228 Å². The lowest BCUT2D eigenvalue weighted by Gasteiger charge is -2.17. The van der Waals surface area contributed by atoms with Crippen LogP contribution in [-0.4, -0.2) is 40.6 Å². The highest BCUT2D eigenvalue weighted by atomic mass is 35.5. The first-order chi connectivity index (χ1) is 17.9. The van der Waals surface area contributed by atoms with E-state index in [0.717, 1.165) is 17.3 Å². The Bertz CT molecular complexity index is 1470. The van der Waals surface area contributed by atoms with Crippen molar-refractivity contribution in [3.63, 3.8) is 0 Å². The minimum atomic E-state index is -0.430. The van der Waals surface area contributed by atoms with Crippen molar-refractivity contribution in [3.05, 3.63) is 93.9 Å². The highest BCUT2D eigenvalue weighted by molar-refractivity contribution is 8.26. The van der Waals surface area contributed by atoms with Crippen LogP contribution in [0.1, 0.15) is 11.1 Å². The average molecular weight is 550 g/mol. The highest BCUT2D eigenvalue weighted by Gasteiger charge is 2.42. The van der Waals surface area contributed by atoms with E-state index in [9.17, 15) is 14.4 Å². The molecule has 3 aromatic carbocycles. The molecule has 3 aromatic rings. The van der Waals surface area contributed by atoms with Crippen LogP contribution in [0.15, 0.2) is 77.7 Å². The molecule has 0 radical (unpaired) electrons. The largest absolute Gasteiger partial charge is 0.497 e. The number of fused-ring (bicyclic) bond motifs is 1. The molecule has 186 valence electrons. The van der Waals surface area contributed by atoms with Crippen LogP contribution in [0.5, 0.6) is 5.75 Å². The van der Waals surface area contributed by atoms with Gasteiger partial charge in [0, 0.05) is 5.56 Å². The van der Waals surface area contributed by atoms with Crippen LogP contribution < -0.4 is 15.0 Å². The van der Waals surface area contributed by atoms with Crippen molar-refractivity contribution in [3.8, 4) is 5.75 Å². The molecule has 0 aromatic heterocycles. The summed E-state index contributed by atoms with van der Waals surface area (Å²) in [6.07, 6.45) is 0. The van der Waals surface area contributed by atoms with Crippen LogP contribution in [0.2, 0.25) is 5.02 Å². The predicted octanol–water partition coefficient (Wildman–Crippen LogP) is 5.11. The Morgan fingerprint density at radius 1 is 0.973 bits per heavy atom. The average Bonchev–Trinajstić information content (AvgIpc) is 3.33. The molecule has 5 rings (SSSR count). The number of methoxy groups -OCH3 is 1. The predicted molar refractivity (Wildman–Crippen MR) is 150 cm³/mol. The molecule has 1 fully saturated rings. The van der Waals surface area contributed by atoms with Crippen molar-refractivity contribution in [2.24, 2.45) is 0 Å². The number of halogens is 1. The maximum absolute atomic E-state index is 13.6. The molecule has 37 heavy (non-hydrogen) atoms. The van der Waals surface area contributed by atoms with Crippen LogP contribution in [0, 0.1) is 0 Å². The number of nitrogens with zero attached hydrogens (tertiary/aromatic N) is 2. The third kappa shape index (κ3) is 4.85. The molecule has 0 spiro atoms. The van der Waals surface area contributed by atoms with Gasteiger partial charge in [-0.15, -0.1) is 0 Å². The van der Waals surface area contributed by atoms with Gasteiger partial charge in [0.1, 0.15) is 16.6 Å². The zero-order valence-corrected chi connectivity index (χ0v) is 22.0. The summed E-state index contributed by atoms with van der Waals surface area (Å²) in [6, 6.07) is 21.3. The van der Waals surface area contributed by atoms with E-state index in [1.54, 1.807) is 55.6 Å². The van der Waals surface area contributed by atoms with Gasteiger partial charge in [-0.25, -0.2) is 0 Å². The number of nitrogens with one attached hydrogen (secondary N) is 1. The van der Waals surface area contributed by atoms with Crippen LogP contribution >= 0.6 is 35.6 Å². The number of rotatable bonds is 6. The van der Waals surface area contributed by atoms with E-state index in [4.69, 9.17) is 28.6 Å². The van der Waals surface area contributed by atoms with Crippen LogP contribution in [0.3, 0.4) is 0 Å². The summed E-state index contributed by atoms with van der Waals surface area (Å²) in [5, 5.41) is 3.13. The number of hydrogen-bond acceptors (Lipinski definition) is 6. The number of thiocarbonyl (C=S) groups is 1. The molecule has 10 heteroatoms. The second-order valence-corrected chi connectivity index (χ2v) is 10.3. The molecule has 0 aliphatic carbocycles. The summed E-state index contributed by atoms with van der Waals surface area (Å²) in [5.74, 6) is -0.473. The lowest BCUT2D eigenvalue weighted by molar-refractivity contribution is -0.122. The minimum absolute atomic E-state index is 0.239.